The lowest BCUT2D eigenvalue weighted by Gasteiger charge is -2.09. The van der Waals surface area contributed by atoms with Crippen molar-refractivity contribution < 1.29 is 19.1 Å². The van der Waals surface area contributed by atoms with Gasteiger partial charge < -0.3 is 9.47 Å². The zero-order chi connectivity index (χ0) is 15.8. The van der Waals surface area contributed by atoms with Crippen molar-refractivity contribution in [2.24, 2.45) is 0 Å². The zero-order valence-electron chi connectivity index (χ0n) is 11.8. The molecule has 0 bridgehead atoms. The molecule has 0 aliphatic heterocycles. The molecule has 0 amide bonds. The van der Waals surface area contributed by atoms with Crippen LogP contribution in [0.15, 0.2) is 54.6 Å². The second-order valence-corrected chi connectivity index (χ2v) is 4.98. The topological polar surface area (TPSA) is 52.6 Å². The smallest absolute Gasteiger partial charge is 0.339 e. The van der Waals surface area contributed by atoms with Crippen LogP contribution in [0.3, 0.4) is 0 Å². The maximum atomic E-state index is 11.9. The van der Waals surface area contributed by atoms with Gasteiger partial charge in [0.15, 0.2) is 0 Å². The average molecular weight is 363 g/mol. The van der Waals surface area contributed by atoms with Crippen molar-refractivity contribution in [2.75, 3.05) is 5.52 Å². The normalized spacial score (nSPS) is 10.0. The molecule has 0 atom stereocenters. The first-order chi connectivity index (χ1) is 10.7. The van der Waals surface area contributed by atoms with Gasteiger partial charge in [0, 0.05) is 0 Å². The highest BCUT2D eigenvalue weighted by atomic mass is 79.9. The van der Waals surface area contributed by atoms with Crippen LogP contribution >= 0.6 is 15.9 Å². The first-order valence-electron chi connectivity index (χ1n) is 6.71. The number of alkyl halides is 1. The molecule has 0 unspecified atom stereocenters. The molecule has 22 heavy (non-hydrogen) atoms. The Hall–Kier alpha value is -2.14. The molecule has 2 rings (SSSR count). The van der Waals surface area contributed by atoms with Gasteiger partial charge in [0.05, 0.1) is 12.0 Å². The summed E-state index contributed by atoms with van der Waals surface area (Å²) < 4.78 is 10.1. The maximum Gasteiger partial charge on any atom is 0.339 e. The Morgan fingerprint density at radius 2 is 1.59 bits per heavy atom. The third-order valence-electron chi connectivity index (χ3n) is 3.00. The molecule has 114 valence electrons. The van der Waals surface area contributed by atoms with Gasteiger partial charge in [0.25, 0.3) is 0 Å². The van der Waals surface area contributed by atoms with Crippen molar-refractivity contribution >= 4 is 27.9 Å². The van der Waals surface area contributed by atoms with E-state index in [0.29, 0.717) is 11.1 Å². The minimum Gasteiger partial charge on any atom is -0.461 e. The van der Waals surface area contributed by atoms with Gasteiger partial charge in [-0.2, -0.15) is 0 Å². The molecule has 0 fully saturated rings. The summed E-state index contributed by atoms with van der Waals surface area (Å²) in [7, 11) is 0. The summed E-state index contributed by atoms with van der Waals surface area (Å²) in [6.07, 6.45) is 0.0282. The Morgan fingerprint density at radius 3 is 2.32 bits per heavy atom. The van der Waals surface area contributed by atoms with Gasteiger partial charge in [0.1, 0.15) is 12.1 Å². The van der Waals surface area contributed by atoms with Crippen LogP contribution in [-0.2, 0) is 27.3 Å². The van der Waals surface area contributed by atoms with Crippen LogP contribution in [-0.4, -0.2) is 17.5 Å². The Labute approximate surface area is 137 Å². The highest BCUT2D eigenvalue weighted by Gasteiger charge is 2.15. The van der Waals surface area contributed by atoms with Crippen molar-refractivity contribution in [2.45, 2.75) is 13.0 Å². The van der Waals surface area contributed by atoms with Gasteiger partial charge in [-0.15, -0.1) is 0 Å². The molecule has 0 N–H and O–H groups in total. The number of halogens is 1. The van der Waals surface area contributed by atoms with E-state index >= 15 is 0 Å². The number of hydrogen-bond donors (Lipinski definition) is 0. The lowest BCUT2D eigenvalue weighted by atomic mass is 10.0. The predicted octanol–water partition coefficient (Wildman–Crippen LogP) is 3.48. The van der Waals surface area contributed by atoms with Crippen molar-refractivity contribution in [3.8, 4) is 0 Å². The van der Waals surface area contributed by atoms with Crippen molar-refractivity contribution in [3.05, 3.63) is 71.3 Å². The van der Waals surface area contributed by atoms with Crippen LogP contribution in [0.1, 0.15) is 21.5 Å². The summed E-state index contributed by atoms with van der Waals surface area (Å²) in [6, 6.07) is 16.3. The first kappa shape index (κ1) is 16.2. The van der Waals surface area contributed by atoms with E-state index in [2.05, 4.69) is 15.9 Å². The molecular formula is C17H15BrO4. The van der Waals surface area contributed by atoms with Crippen molar-refractivity contribution in [1.29, 1.82) is 0 Å². The number of hydrogen-bond acceptors (Lipinski definition) is 4. The van der Waals surface area contributed by atoms with Gasteiger partial charge in [0.2, 0.25) is 0 Å². The molecule has 0 heterocycles. The van der Waals surface area contributed by atoms with E-state index in [4.69, 9.17) is 9.47 Å². The maximum absolute atomic E-state index is 11.9. The van der Waals surface area contributed by atoms with E-state index in [1.165, 1.54) is 0 Å². The van der Waals surface area contributed by atoms with Crippen LogP contribution in [0.25, 0.3) is 0 Å². The Bertz CT molecular complexity index is 640. The van der Waals surface area contributed by atoms with Crippen LogP contribution in [0, 0.1) is 0 Å². The Kier molecular flexibility index (Phi) is 6.15. The molecule has 0 radical (unpaired) electrons. The molecule has 0 aliphatic rings. The third-order valence-corrected chi connectivity index (χ3v) is 3.23. The van der Waals surface area contributed by atoms with E-state index in [1.54, 1.807) is 24.3 Å². The number of ether oxygens (including phenoxy) is 2. The SMILES string of the molecule is O=C(Cc1ccccc1C(=O)OCBr)OCc1ccccc1. The molecule has 0 aliphatic carbocycles. The number of esters is 2. The fourth-order valence-electron chi connectivity index (χ4n) is 1.95. The van der Waals surface area contributed by atoms with Crippen molar-refractivity contribution in [1.82, 2.24) is 0 Å². The Morgan fingerprint density at radius 1 is 0.909 bits per heavy atom. The minimum absolute atomic E-state index is 0.0282. The summed E-state index contributed by atoms with van der Waals surface area (Å²) in [4.78, 5) is 23.8. The van der Waals surface area contributed by atoms with Crippen molar-refractivity contribution in [3.63, 3.8) is 0 Å². The van der Waals surface area contributed by atoms with Crippen LogP contribution in [0.5, 0.6) is 0 Å². The summed E-state index contributed by atoms with van der Waals surface area (Å²) in [5, 5.41) is 0. The van der Waals surface area contributed by atoms with E-state index in [0.717, 1.165) is 5.56 Å². The summed E-state index contributed by atoms with van der Waals surface area (Å²) in [6.45, 7) is 0.216. The Balaban J connectivity index is 1.98. The predicted molar refractivity (Wildman–Crippen MR) is 85.6 cm³/mol. The van der Waals surface area contributed by atoms with E-state index in [9.17, 15) is 9.59 Å². The molecule has 2 aromatic rings. The highest BCUT2D eigenvalue weighted by Crippen LogP contribution is 2.13. The van der Waals surface area contributed by atoms with Gasteiger partial charge in [-0.3, -0.25) is 4.79 Å². The quantitative estimate of drug-likeness (QED) is 0.583. The molecule has 0 aromatic heterocycles. The molecule has 0 spiro atoms. The van der Waals surface area contributed by atoms with Crippen LogP contribution < -0.4 is 0 Å². The van der Waals surface area contributed by atoms with Crippen LogP contribution in [0.2, 0.25) is 0 Å². The van der Waals surface area contributed by atoms with E-state index in [-0.39, 0.29) is 24.5 Å². The van der Waals surface area contributed by atoms with E-state index in [1.807, 2.05) is 30.3 Å². The molecule has 0 saturated heterocycles. The van der Waals surface area contributed by atoms with Gasteiger partial charge in [-0.25, -0.2) is 4.79 Å². The second kappa shape index (κ2) is 8.34. The minimum atomic E-state index is -0.469. The highest BCUT2D eigenvalue weighted by molar-refractivity contribution is 9.09. The monoisotopic (exact) mass is 362 g/mol. The van der Waals surface area contributed by atoms with Gasteiger partial charge in [-0.05, 0) is 33.1 Å². The molecule has 0 saturated carbocycles. The molecule has 2 aromatic carbocycles. The fourth-order valence-corrected chi connectivity index (χ4v) is 2.15. The lowest BCUT2D eigenvalue weighted by Crippen LogP contribution is -2.13. The first-order valence-corrected chi connectivity index (χ1v) is 7.83. The summed E-state index contributed by atoms with van der Waals surface area (Å²) in [5.41, 5.74) is 1.99. The average Bonchev–Trinajstić information content (AvgIpc) is 2.54. The van der Waals surface area contributed by atoms with E-state index < -0.39 is 5.97 Å². The number of carbonyl (C=O) groups is 2. The summed E-state index contributed by atoms with van der Waals surface area (Å²) >= 11 is 3.04. The van der Waals surface area contributed by atoms with Gasteiger partial charge in [-0.1, -0.05) is 48.5 Å². The standard InChI is InChI=1S/C17H15BrO4/c18-12-22-17(20)15-9-5-4-8-14(15)10-16(19)21-11-13-6-2-1-3-7-13/h1-9H,10-12H2. The summed E-state index contributed by atoms with van der Waals surface area (Å²) in [5.74, 6) is -0.855. The number of carbonyl (C=O) groups excluding carboxylic acids is 2. The fraction of sp³-hybridized carbons (Fsp3) is 0.176. The lowest BCUT2D eigenvalue weighted by molar-refractivity contribution is -0.144. The second-order valence-electron chi connectivity index (χ2n) is 4.52. The molecule has 5 heteroatoms. The zero-order valence-corrected chi connectivity index (χ0v) is 13.4. The van der Waals surface area contributed by atoms with Crippen LogP contribution in [0.4, 0.5) is 0 Å². The molecular weight excluding hydrogens is 348 g/mol. The number of rotatable bonds is 6. The van der Waals surface area contributed by atoms with Gasteiger partial charge >= 0.3 is 11.9 Å². The third kappa shape index (κ3) is 4.70. The molecule has 4 nitrogen and oxygen atoms in total. The number of benzene rings is 2. The largest absolute Gasteiger partial charge is 0.461 e.